The number of ether oxygens (including phenoxy) is 1. The van der Waals surface area contributed by atoms with Crippen LogP contribution in [0.3, 0.4) is 0 Å². The number of fused-ring (bicyclic) bond motifs is 1. The van der Waals surface area contributed by atoms with Crippen molar-refractivity contribution in [1.82, 2.24) is 19.8 Å². The van der Waals surface area contributed by atoms with E-state index in [9.17, 15) is 4.79 Å². The van der Waals surface area contributed by atoms with E-state index in [1.807, 2.05) is 36.4 Å². The van der Waals surface area contributed by atoms with Gasteiger partial charge in [0.2, 0.25) is 5.91 Å². The van der Waals surface area contributed by atoms with Crippen LogP contribution in [0.4, 0.5) is 5.69 Å². The molecule has 168 valence electrons. The molecule has 0 atom stereocenters. The minimum Gasteiger partial charge on any atom is -0.495 e. The van der Waals surface area contributed by atoms with Crippen LogP contribution in [0.2, 0.25) is 0 Å². The number of carbonyl (C=O) groups is 1. The predicted molar refractivity (Wildman–Crippen MR) is 126 cm³/mol. The highest BCUT2D eigenvalue weighted by molar-refractivity contribution is 5.79. The highest BCUT2D eigenvalue weighted by Crippen LogP contribution is 2.29. The van der Waals surface area contributed by atoms with Crippen LogP contribution in [-0.4, -0.2) is 72.1 Å². The van der Waals surface area contributed by atoms with E-state index in [4.69, 9.17) is 9.72 Å². The monoisotopic (exact) mass is 433 g/mol. The van der Waals surface area contributed by atoms with E-state index >= 15 is 0 Å². The number of methoxy groups -OCH3 is 1. The average molecular weight is 434 g/mol. The highest BCUT2D eigenvalue weighted by Gasteiger charge is 2.31. The number of anilines is 1. The van der Waals surface area contributed by atoms with Gasteiger partial charge in [0.05, 0.1) is 30.4 Å². The molecule has 3 aromatic rings. The number of amides is 1. The quantitative estimate of drug-likeness (QED) is 0.670. The summed E-state index contributed by atoms with van der Waals surface area (Å²) in [6.07, 6.45) is 1.84. The SMILES string of the molecule is COc1ccccc1N1CCN(C(=O)C2CCN(Cc3nc4ccccc4[nH]3)CC2)CC1. The molecular weight excluding hydrogens is 402 g/mol. The summed E-state index contributed by atoms with van der Waals surface area (Å²) in [7, 11) is 1.71. The summed E-state index contributed by atoms with van der Waals surface area (Å²) in [5.74, 6) is 2.36. The van der Waals surface area contributed by atoms with Crippen LogP contribution in [-0.2, 0) is 11.3 Å². The van der Waals surface area contributed by atoms with Gasteiger partial charge in [-0.3, -0.25) is 9.69 Å². The Morgan fingerprint density at radius 2 is 1.72 bits per heavy atom. The van der Waals surface area contributed by atoms with Gasteiger partial charge < -0.3 is 19.5 Å². The predicted octanol–water partition coefficient (Wildman–Crippen LogP) is 3.13. The maximum atomic E-state index is 13.1. The molecule has 7 nitrogen and oxygen atoms in total. The smallest absolute Gasteiger partial charge is 0.225 e. The van der Waals surface area contributed by atoms with Gasteiger partial charge in [0.1, 0.15) is 11.6 Å². The number of hydrogen-bond acceptors (Lipinski definition) is 5. The molecule has 3 heterocycles. The van der Waals surface area contributed by atoms with Gasteiger partial charge in [0, 0.05) is 32.1 Å². The topological polar surface area (TPSA) is 64.7 Å². The van der Waals surface area contributed by atoms with Crippen LogP contribution >= 0.6 is 0 Å². The van der Waals surface area contributed by atoms with Crippen molar-refractivity contribution in [2.24, 2.45) is 5.92 Å². The third kappa shape index (κ3) is 4.30. The second-order valence-corrected chi connectivity index (χ2v) is 8.74. The molecule has 0 radical (unpaired) electrons. The van der Waals surface area contributed by atoms with E-state index in [-0.39, 0.29) is 5.92 Å². The number of aromatic nitrogens is 2. The standard InChI is InChI=1S/C25H31N5O2/c1-32-23-9-5-4-8-22(23)29-14-16-30(17-15-29)25(31)19-10-12-28(13-11-19)18-24-26-20-6-2-3-7-21(20)27-24/h2-9,19H,10-18H2,1H3,(H,26,27). The number of carbonyl (C=O) groups excluding carboxylic acids is 1. The van der Waals surface area contributed by atoms with Gasteiger partial charge in [-0.2, -0.15) is 0 Å². The first-order valence-electron chi connectivity index (χ1n) is 11.5. The molecule has 0 spiro atoms. The molecule has 2 aromatic carbocycles. The summed E-state index contributed by atoms with van der Waals surface area (Å²) >= 11 is 0. The fourth-order valence-corrected chi connectivity index (χ4v) is 4.95. The number of hydrogen-bond donors (Lipinski definition) is 1. The van der Waals surface area contributed by atoms with Crippen molar-refractivity contribution >= 4 is 22.6 Å². The van der Waals surface area contributed by atoms with Crippen molar-refractivity contribution < 1.29 is 9.53 Å². The van der Waals surface area contributed by atoms with E-state index in [1.54, 1.807) is 7.11 Å². The van der Waals surface area contributed by atoms with Gasteiger partial charge in [-0.25, -0.2) is 4.98 Å². The second-order valence-electron chi connectivity index (χ2n) is 8.74. The molecule has 2 saturated heterocycles. The average Bonchev–Trinajstić information content (AvgIpc) is 3.26. The molecule has 32 heavy (non-hydrogen) atoms. The number of benzene rings is 2. The third-order valence-corrected chi connectivity index (χ3v) is 6.77. The van der Waals surface area contributed by atoms with Crippen molar-refractivity contribution in [2.75, 3.05) is 51.3 Å². The Bertz CT molecular complexity index is 1030. The second kappa shape index (κ2) is 9.20. The van der Waals surface area contributed by atoms with Crippen molar-refractivity contribution in [1.29, 1.82) is 0 Å². The van der Waals surface area contributed by atoms with Crippen molar-refractivity contribution in [3.8, 4) is 5.75 Å². The number of piperazine rings is 1. The van der Waals surface area contributed by atoms with E-state index in [2.05, 4.69) is 31.8 Å². The fourth-order valence-electron chi connectivity index (χ4n) is 4.95. The first-order chi connectivity index (χ1) is 15.7. The molecule has 0 aliphatic carbocycles. The van der Waals surface area contributed by atoms with Gasteiger partial charge in [-0.05, 0) is 50.2 Å². The number of piperidine rings is 1. The van der Waals surface area contributed by atoms with Gasteiger partial charge in [0.15, 0.2) is 0 Å². The lowest BCUT2D eigenvalue weighted by molar-refractivity contribution is -0.137. The third-order valence-electron chi connectivity index (χ3n) is 6.77. The van der Waals surface area contributed by atoms with Crippen LogP contribution < -0.4 is 9.64 Å². The summed E-state index contributed by atoms with van der Waals surface area (Å²) in [5, 5.41) is 0. The lowest BCUT2D eigenvalue weighted by Crippen LogP contribution is -2.51. The molecule has 2 aliphatic heterocycles. The van der Waals surface area contributed by atoms with E-state index in [1.165, 1.54) is 0 Å². The van der Waals surface area contributed by atoms with Crippen LogP contribution in [0.5, 0.6) is 5.75 Å². The zero-order valence-corrected chi connectivity index (χ0v) is 18.7. The van der Waals surface area contributed by atoms with Gasteiger partial charge >= 0.3 is 0 Å². The number of imidazole rings is 1. The Labute approximate surface area is 189 Å². The van der Waals surface area contributed by atoms with Crippen molar-refractivity contribution in [3.63, 3.8) is 0 Å². The normalized spacial score (nSPS) is 18.3. The summed E-state index contributed by atoms with van der Waals surface area (Å²) in [6, 6.07) is 16.2. The Balaban J connectivity index is 1.11. The van der Waals surface area contributed by atoms with Crippen LogP contribution in [0, 0.1) is 5.92 Å². The lowest BCUT2D eigenvalue weighted by Gasteiger charge is -2.39. The molecular formula is C25H31N5O2. The van der Waals surface area contributed by atoms with Gasteiger partial charge in [-0.15, -0.1) is 0 Å². The number of H-pyrrole nitrogens is 1. The van der Waals surface area contributed by atoms with E-state index in [0.717, 1.165) is 86.9 Å². The maximum absolute atomic E-state index is 13.1. The number of nitrogens with one attached hydrogen (secondary N) is 1. The molecule has 7 heteroatoms. The fraction of sp³-hybridized carbons (Fsp3) is 0.440. The number of rotatable bonds is 5. The molecule has 1 amide bonds. The summed E-state index contributed by atoms with van der Waals surface area (Å²) in [4.78, 5) is 28.0. The molecule has 0 unspecified atom stereocenters. The van der Waals surface area contributed by atoms with Crippen LogP contribution in [0.15, 0.2) is 48.5 Å². The molecule has 5 rings (SSSR count). The molecule has 1 N–H and O–H groups in total. The minimum absolute atomic E-state index is 0.139. The van der Waals surface area contributed by atoms with E-state index in [0.29, 0.717) is 5.91 Å². The summed E-state index contributed by atoms with van der Waals surface area (Å²) in [5.41, 5.74) is 3.21. The van der Waals surface area contributed by atoms with Crippen molar-refractivity contribution in [3.05, 3.63) is 54.4 Å². The minimum atomic E-state index is 0.139. The number of para-hydroxylation sites is 4. The van der Waals surface area contributed by atoms with Crippen LogP contribution in [0.1, 0.15) is 18.7 Å². The Kier molecular flexibility index (Phi) is 5.99. The zero-order chi connectivity index (χ0) is 21.9. The molecule has 0 saturated carbocycles. The van der Waals surface area contributed by atoms with Crippen molar-refractivity contribution in [2.45, 2.75) is 19.4 Å². The Morgan fingerprint density at radius 1 is 1.00 bits per heavy atom. The molecule has 1 aromatic heterocycles. The van der Waals surface area contributed by atoms with Gasteiger partial charge in [-0.1, -0.05) is 24.3 Å². The number of aromatic amines is 1. The van der Waals surface area contributed by atoms with Crippen LogP contribution in [0.25, 0.3) is 11.0 Å². The number of likely N-dealkylation sites (tertiary alicyclic amines) is 1. The largest absolute Gasteiger partial charge is 0.495 e. The molecule has 2 fully saturated rings. The highest BCUT2D eigenvalue weighted by atomic mass is 16.5. The Morgan fingerprint density at radius 3 is 2.47 bits per heavy atom. The molecule has 0 bridgehead atoms. The lowest BCUT2D eigenvalue weighted by atomic mass is 9.95. The number of nitrogens with zero attached hydrogens (tertiary/aromatic N) is 4. The van der Waals surface area contributed by atoms with E-state index < -0.39 is 0 Å². The Hall–Kier alpha value is -3.06. The zero-order valence-electron chi connectivity index (χ0n) is 18.7. The summed E-state index contributed by atoms with van der Waals surface area (Å²) in [6.45, 7) is 5.93. The maximum Gasteiger partial charge on any atom is 0.225 e. The summed E-state index contributed by atoms with van der Waals surface area (Å²) < 4.78 is 5.50. The first-order valence-corrected chi connectivity index (χ1v) is 11.5. The first kappa shape index (κ1) is 20.8. The van der Waals surface area contributed by atoms with Gasteiger partial charge in [0.25, 0.3) is 0 Å². The molecule has 2 aliphatic rings.